The van der Waals surface area contributed by atoms with Crippen molar-refractivity contribution >= 4 is 46.2 Å². The molecule has 3 aliphatic rings. The van der Waals surface area contributed by atoms with Gasteiger partial charge in [-0.2, -0.15) is 0 Å². The lowest BCUT2D eigenvalue weighted by atomic mass is 9.99. The summed E-state index contributed by atoms with van der Waals surface area (Å²) in [6.45, 7) is 11.5. The highest BCUT2D eigenvalue weighted by atomic mass is 35.5. The Bertz CT molecular complexity index is 1520. The van der Waals surface area contributed by atoms with Crippen LogP contribution in [0.3, 0.4) is 0 Å². The first-order valence-corrected chi connectivity index (χ1v) is 15.8. The maximum absolute atomic E-state index is 12.5. The molecular weight excluding hydrogens is 594 g/mol. The lowest BCUT2D eigenvalue weighted by Crippen LogP contribution is -2.49. The third-order valence-electron chi connectivity index (χ3n) is 8.84. The molecule has 4 heterocycles. The van der Waals surface area contributed by atoms with Crippen LogP contribution >= 0.6 is 11.6 Å². The zero-order valence-electron chi connectivity index (χ0n) is 25.8. The van der Waals surface area contributed by atoms with Crippen molar-refractivity contribution < 1.29 is 19.1 Å². The molecule has 0 spiro atoms. The Labute approximate surface area is 269 Å². The Hall–Kier alpha value is -3.90. The summed E-state index contributed by atoms with van der Waals surface area (Å²) in [4.78, 5) is 32.4. The van der Waals surface area contributed by atoms with E-state index in [1.165, 1.54) is 12.4 Å². The number of hydrogen-bond donors (Lipinski definition) is 2. The molecule has 2 N–H and O–H groups in total. The number of hydroxylamine groups is 1. The van der Waals surface area contributed by atoms with Gasteiger partial charge in [0.15, 0.2) is 5.82 Å². The second kappa shape index (κ2) is 14.0. The molecular formula is C33H40ClN7O4. The summed E-state index contributed by atoms with van der Waals surface area (Å²) in [6.07, 6.45) is 5.65. The monoisotopic (exact) mass is 633 g/mol. The fraction of sp³-hybridized carbons (Fsp3) is 0.424. The van der Waals surface area contributed by atoms with E-state index >= 15 is 0 Å². The summed E-state index contributed by atoms with van der Waals surface area (Å²) < 4.78 is 11.4. The molecule has 1 amide bonds. The van der Waals surface area contributed by atoms with Crippen LogP contribution in [0.25, 0.3) is 0 Å². The number of rotatable bonds is 9. The molecule has 0 aliphatic carbocycles. The Morgan fingerprint density at radius 1 is 1.07 bits per heavy atom. The zero-order chi connectivity index (χ0) is 31.3. The molecule has 0 bridgehead atoms. The number of nitrogens with one attached hydrogen (secondary N) is 2. The molecule has 45 heavy (non-hydrogen) atoms. The first-order chi connectivity index (χ1) is 21.9. The fourth-order valence-corrected chi connectivity index (χ4v) is 6.61. The molecule has 1 unspecified atom stereocenters. The van der Waals surface area contributed by atoms with E-state index in [0.29, 0.717) is 41.4 Å². The molecule has 1 atom stereocenters. The van der Waals surface area contributed by atoms with Crippen LogP contribution in [0.5, 0.6) is 5.75 Å². The average Bonchev–Trinajstić information content (AvgIpc) is 3.57. The van der Waals surface area contributed by atoms with Gasteiger partial charge in [-0.3, -0.25) is 14.5 Å². The smallest absolute Gasteiger partial charge is 0.247 e. The molecule has 12 heteroatoms. The quantitative estimate of drug-likeness (QED) is 0.294. The average molecular weight is 634 g/mol. The van der Waals surface area contributed by atoms with E-state index in [9.17, 15) is 4.79 Å². The highest BCUT2D eigenvalue weighted by molar-refractivity contribution is 6.31. The second-order valence-corrected chi connectivity index (χ2v) is 11.8. The van der Waals surface area contributed by atoms with Crippen LogP contribution in [-0.4, -0.2) is 79.9 Å². The van der Waals surface area contributed by atoms with E-state index in [-0.39, 0.29) is 11.9 Å². The number of amides is 1. The van der Waals surface area contributed by atoms with E-state index in [1.54, 1.807) is 7.11 Å². The third kappa shape index (κ3) is 6.86. The summed E-state index contributed by atoms with van der Waals surface area (Å²) >= 11 is 6.44. The Morgan fingerprint density at radius 2 is 1.87 bits per heavy atom. The number of benzene rings is 2. The predicted octanol–water partition coefficient (Wildman–Crippen LogP) is 5.50. The Morgan fingerprint density at radius 3 is 2.62 bits per heavy atom. The number of carbonyl (C=O) groups is 1. The Balaban J connectivity index is 1.24. The topological polar surface area (TPSA) is 104 Å². The highest BCUT2D eigenvalue weighted by Crippen LogP contribution is 2.41. The normalized spacial score (nSPS) is 19.4. The minimum absolute atomic E-state index is 0.0339. The molecule has 238 valence electrons. The van der Waals surface area contributed by atoms with Gasteiger partial charge in [0.2, 0.25) is 5.91 Å². The molecule has 11 nitrogen and oxygen atoms in total. The number of morpholine rings is 1. The first-order valence-electron chi connectivity index (χ1n) is 15.4. The molecule has 3 aromatic rings. The van der Waals surface area contributed by atoms with Gasteiger partial charge in [0.1, 0.15) is 17.9 Å². The molecule has 1 aromatic heterocycles. The van der Waals surface area contributed by atoms with E-state index < -0.39 is 0 Å². The number of aromatic nitrogens is 2. The largest absolute Gasteiger partial charge is 0.494 e. The fourth-order valence-electron chi connectivity index (χ4n) is 6.43. The minimum atomic E-state index is -0.284. The maximum Gasteiger partial charge on any atom is 0.247 e. The number of ether oxygens (including phenoxy) is 2. The SMILES string of the molecule is C=CC(=O)Nc1cc(Nc2cc(N3OCCC3c3cccc(Cl)c3C)ncn2)c(OC)cc1N1CCC(N2CCOCC2)CC1. The molecule has 3 fully saturated rings. The van der Waals surface area contributed by atoms with E-state index in [4.69, 9.17) is 25.9 Å². The van der Waals surface area contributed by atoms with Crippen molar-refractivity contribution in [2.75, 3.05) is 73.7 Å². The van der Waals surface area contributed by atoms with Gasteiger partial charge in [-0.05, 0) is 49.1 Å². The van der Waals surface area contributed by atoms with Crippen molar-refractivity contribution in [1.82, 2.24) is 14.9 Å². The van der Waals surface area contributed by atoms with Crippen LogP contribution in [0, 0.1) is 6.92 Å². The van der Waals surface area contributed by atoms with Gasteiger partial charge in [-0.15, -0.1) is 0 Å². The van der Waals surface area contributed by atoms with E-state index in [2.05, 4.69) is 43.0 Å². The van der Waals surface area contributed by atoms with Crippen LogP contribution in [-0.2, 0) is 14.4 Å². The van der Waals surface area contributed by atoms with Gasteiger partial charge in [0, 0.05) is 55.8 Å². The summed E-state index contributed by atoms with van der Waals surface area (Å²) in [5.74, 6) is 1.51. The van der Waals surface area contributed by atoms with Crippen molar-refractivity contribution in [2.24, 2.45) is 0 Å². The minimum Gasteiger partial charge on any atom is -0.494 e. The maximum atomic E-state index is 12.5. The molecule has 0 saturated carbocycles. The van der Waals surface area contributed by atoms with Crippen LogP contribution < -0.4 is 25.3 Å². The van der Waals surface area contributed by atoms with Gasteiger partial charge in [-0.1, -0.05) is 30.3 Å². The van der Waals surface area contributed by atoms with Crippen molar-refractivity contribution in [1.29, 1.82) is 0 Å². The van der Waals surface area contributed by atoms with E-state index in [1.807, 2.05) is 42.3 Å². The second-order valence-electron chi connectivity index (χ2n) is 11.4. The predicted molar refractivity (Wildman–Crippen MR) is 177 cm³/mol. The molecule has 3 aliphatic heterocycles. The van der Waals surface area contributed by atoms with Crippen molar-refractivity contribution in [3.8, 4) is 5.75 Å². The van der Waals surface area contributed by atoms with Gasteiger partial charge >= 0.3 is 0 Å². The molecule has 2 aromatic carbocycles. The van der Waals surface area contributed by atoms with Gasteiger partial charge in [-0.25, -0.2) is 15.0 Å². The lowest BCUT2D eigenvalue weighted by molar-refractivity contribution is -0.111. The summed E-state index contributed by atoms with van der Waals surface area (Å²) in [7, 11) is 1.64. The number of methoxy groups -OCH3 is 1. The highest BCUT2D eigenvalue weighted by Gasteiger charge is 2.31. The number of anilines is 5. The van der Waals surface area contributed by atoms with Gasteiger partial charge in [0.25, 0.3) is 0 Å². The van der Waals surface area contributed by atoms with Crippen LogP contribution in [0.15, 0.2) is 55.4 Å². The van der Waals surface area contributed by atoms with Crippen LogP contribution in [0.1, 0.15) is 36.4 Å². The standard InChI is InChI=1S/C33H40ClN7O4/c1-4-33(42)38-26-18-27(30(43-3)19-29(26)40-11-8-23(9-12-40)39-13-16-44-17-14-39)37-31-20-32(36-21-35-31)41-28(10-15-45-41)24-6-5-7-25(34)22(24)2/h4-7,18-21,23,28H,1,8-17H2,2-3H3,(H,38,42)(H,35,36,37). The molecule has 0 radical (unpaired) electrons. The summed E-state index contributed by atoms with van der Waals surface area (Å²) in [5.41, 5.74) is 4.35. The van der Waals surface area contributed by atoms with Crippen molar-refractivity contribution in [3.63, 3.8) is 0 Å². The van der Waals surface area contributed by atoms with Crippen molar-refractivity contribution in [2.45, 2.75) is 38.3 Å². The third-order valence-corrected chi connectivity index (χ3v) is 9.25. The zero-order valence-corrected chi connectivity index (χ0v) is 26.6. The lowest BCUT2D eigenvalue weighted by Gasteiger charge is -2.41. The van der Waals surface area contributed by atoms with E-state index in [0.717, 1.165) is 80.5 Å². The van der Waals surface area contributed by atoms with Crippen LogP contribution in [0.2, 0.25) is 5.02 Å². The number of carbonyl (C=O) groups excluding carboxylic acids is 1. The first kappa shape index (κ1) is 31.1. The number of halogens is 1. The Kier molecular flexibility index (Phi) is 9.70. The summed E-state index contributed by atoms with van der Waals surface area (Å²) in [5, 5.41) is 8.93. The number of hydrogen-bond acceptors (Lipinski definition) is 10. The van der Waals surface area contributed by atoms with Crippen LogP contribution in [0.4, 0.5) is 28.7 Å². The molecule has 3 saturated heterocycles. The number of nitrogens with zero attached hydrogens (tertiary/aromatic N) is 5. The molecule has 6 rings (SSSR count). The van der Waals surface area contributed by atoms with Gasteiger partial charge < -0.3 is 25.0 Å². The van der Waals surface area contributed by atoms with Crippen molar-refractivity contribution in [3.05, 3.63) is 71.5 Å². The van der Waals surface area contributed by atoms with Gasteiger partial charge in [0.05, 0.1) is 50.0 Å². The number of piperidine rings is 1. The summed E-state index contributed by atoms with van der Waals surface area (Å²) in [6, 6.07) is 12.1.